The summed E-state index contributed by atoms with van der Waals surface area (Å²) in [4.78, 5) is 15.9. The van der Waals surface area contributed by atoms with E-state index >= 15 is 0 Å². The zero-order valence-corrected chi connectivity index (χ0v) is 16.5. The third-order valence-electron chi connectivity index (χ3n) is 2.91. The lowest BCUT2D eigenvalue weighted by atomic mass is 10.2. The number of hydrogen-bond acceptors (Lipinski definition) is 2. The minimum absolute atomic E-state index is 0. The van der Waals surface area contributed by atoms with Gasteiger partial charge in [-0.25, -0.2) is 4.99 Å². The van der Waals surface area contributed by atoms with E-state index in [1.807, 2.05) is 55.5 Å². The van der Waals surface area contributed by atoms with Gasteiger partial charge >= 0.3 is 0 Å². The highest BCUT2D eigenvalue weighted by molar-refractivity contribution is 14.0. The van der Waals surface area contributed by atoms with Crippen LogP contribution in [0.4, 0.5) is 11.4 Å². The van der Waals surface area contributed by atoms with Crippen LogP contribution >= 0.6 is 39.9 Å². The number of amides is 1. The molecule has 0 radical (unpaired) electrons. The van der Waals surface area contributed by atoms with Gasteiger partial charge in [0.25, 0.3) is 0 Å². The number of anilines is 2. The number of nitrogens with zero attached hydrogens (tertiary/aromatic N) is 1. The third kappa shape index (κ3) is 6.57. The van der Waals surface area contributed by atoms with Crippen LogP contribution in [0.2, 0.25) is 0 Å². The summed E-state index contributed by atoms with van der Waals surface area (Å²) in [7, 11) is 0. The van der Waals surface area contributed by atoms with Gasteiger partial charge in [0.15, 0.2) is 5.96 Å². The molecule has 2 aromatic carbocycles. The topological polar surface area (TPSA) is 79.5 Å². The van der Waals surface area contributed by atoms with Crippen molar-refractivity contribution in [2.45, 2.75) is 6.92 Å². The molecule has 0 aliphatic rings. The minimum Gasteiger partial charge on any atom is -0.370 e. The number of aliphatic imine (C=N–C) groups is 1. The van der Waals surface area contributed by atoms with Gasteiger partial charge < -0.3 is 16.4 Å². The number of rotatable bonds is 4. The number of carbonyl (C=O) groups is 1. The zero-order valence-electron chi connectivity index (χ0n) is 12.5. The molecule has 1 amide bonds. The van der Waals surface area contributed by atoms with Crippen molar-refractivity contribution < 1.29 is 4.79 Å². The summed E-state index contributed by atoms with van der Waals surface area (Å²) in [5.41, 5.74) is 8.31. The molecular weight excluding hydrogens is 471 g/mol. The van der Waals surface area contributed by atoms with Crippen molar-refractivity contribution in [3.8, 4) is 0 Å². The Kier molecular flexibility index (Phi) is 8.04. The van der Waals surface area contributed by atoms with Crippen molar-refractivity contribution in [1.82, 2.24) is 0 Å². The lowest BCUT2D eigenvalue weighted by molar-refractivity contribution is -0.114. The second-order valence-electron chi connectivity index (χ2n) is 4.70. The van der Waals surface area contributed by atoms with Gasteiger partial charge in [0.2, 0.25) is 5.91 Å². The van der Waals surface area contributed by atoms with Crippen molar-refractivity contribution in [3.05, 3.63) is 58.6 Å². The quantitative estimate of drug-likeness (QED) is 0.348. The van der Waals surface area contributed by atoms with E-state index in [1.165, 1.54) is 0 Å². The zero-order chi connectivity index (χ0) is 15.9. The van der Waals surface area contributed by atoms with E-state index in [0.717, 1.165) is 21.4 Å². The molecule has 0 saturated heterocycles. The molecule has 122 valence electrons. The number of hydrogen-bond donors (Lipinski definition) is 3. The first-order valence-electron chi connectivity index (χ1n) is 6.72. The van der Waals surface area contributed by atoms with Crippen molar-refractivity contribution in [3.63, 3.8) is 0 Å². The molecule has 0 aromatic heterocycles. The average molecular weight is 489 g/mol. The molecule has 23 heavy (non-hydrogen) atoms. The molecule has 0 unspecified atom stereocenters. The molecule has 0 bridgehead atoms. The highest BCUT2D eigenvalue weighted by Crippen LogP contribution is 2.20. The summed E-state index contributed by atoms with van der Waals surface area (Å²) in [6, 6.07) is 15.1. The standard InChI is InChI=1S/C16H17BrN4O.HI/c1-11-7-8-12(17)9-14(11)21-15(22)10-19-16(18)20-13-5-3-2-4-6-13;/h2-9H,10H2,1H3,(H,21,22)(H3,18,19,20);1H. The molecule has 7 heteroatoms. The molecule has 0 atom stereocenters. The number of nitrogens with one attached hydrogen (secondary N) is 2. The van der Waals surface area contributed by atoms with Gasteiger partial charge in [-0.3, -0.25) is 4.79 Å². The highest BCUT2D eigenvalue weighted by atomic mass is 127. The fourth-order valence-corrected chi connectivity index (χ4v) is 2.15. The van der Waals surface area contributed by atoms with Gasteiger partial charge in [-0.05, 0) is 36.8 Å². The van der Waals surface area contributed by atoms with Crippen LogP contribution in [0.3, 0.4) is 0 Å². The summed E-state index contributed by atoms with van der Waals surface area (Å²) in [5, 5.41) is 5.73. The van der Waals surface area contributed by atoms with Gasteiger partial charge in [0, 0.05) is 15.8 Å². The summed E-state index contributed by atoms with van der Waals surface area (Å²) >= 11 is 3.38. The normalized spacial score (nSPS) is 10.6. The first-order chi connectivity index (χ1) is 10.5. The summed E-state index contributed by atoms with van der Waals surface area (Å²) in [5.74, 6) is -0.0219. The van der Waals surface area contributed by atoms with E-state index in [9.17, 15) is 4.79 Å². The van der Waals surface area contributed by atoms with E-state index < -0.39 is 0 Å². The third-order valence-corrected chi connectivity index (χ3v) is 3.41. The van der Waals surface area contributed by atoms with Crippen molar-refractivity contribution in [2.75, 3.05) is 17.2 Å². The van der Waals surface area contributed by atoms with E-state index in [-0.39, 0.29) is 42.4 Å². The fourth-order valence-electron chi connectivity index (χ4n) is 1.78. The van der Waals surface area contributed by atoms with Crippen LogP contribution in [0.25, 0.3) is 0 Å². The number of carbonyl (C=O) groups excluding carboxylic acids is 1. The molecule has 0 aliphatic heterocycles. The molecule has 2 aromatic rings. The summed E-state index contributed by atoms with van der Waals surface area (Å²) in [6.07, 6.45) is 0. The number of nitrogens with two attached hydrogens (primary N) is 1. The lowest BCUT2D eigenvalue weighted by Gasteiger charge is -2.08. The Morgan fingerprint density at radius 2 is 1.87 bits per heavy atom. The maximum Gasteiger partial charge on any atom is 0.246 e. The van der Waals surface area contributed by atoms with Gasteiger partial charge in [-0.2, -0.15) is 0 Å². The Balaban J connectivity index is 0.00000264. The maximum absolute atomic E-state index is 11.9. The number of guanidine groups is 1. The first-order valence-corrected chi connectivity index (χ1v) is 7.52. The summed E-state index contributed by atoms with van der Waals surface area (Å²) in [6.45, 7) is 1.88. The molecular formula is C16H18BrIN4O. The lowest BCUT2D eigenvalue weighted by Crippen LogP contribution is -2.25. The van der Waals surface area contributed by atoms with Crippen molar-refractivity contribution in [1.29, 1.82) is 0 Å². The number of aryl methyl sites for hydroxylation is 1. The smallest absolute Gasteiger partial charge is 0.246 e. The fraction of sp³-hybridized carbons (Fsp3) is 0.125. The Labute approximate surface area is 160 Å². The molecule has 2 rings (SSSR count). The van der Waals surface area contributed by atoms with Gasteiger partial charge in [0.05, 0.1) is 0 Å². The number of para-hydroxylation sites is 1. The minimum atomic E-state index is -0.223. The molecule has 0 aliphatic carbocycles. The van der Waals surface area contributed by atoms with Crippen LogP contribution in [0.1, 0.15) is 5.56 Å². The molecule has 0 saturated carbocycles. The predicted octanol–water partition coefficient (Wildman–Crippen LogP) is 3.74. The first kappa shape index (κ1) is 19.4. The molecule has 5 nitrogen and oxygen atoms in total. The van der Waals surface area contributed by atoms with E-state index in [2.05, 4.69) is 31.6 Å². The van der Waals surface area contributed by atoms with Gasteiger partial charge in [-0.15, -0.1) is 24.0 Å². The molecule has 0 fully saturated rings. The number of halogens is 2. The SMILES string of the molecule is Cc1ccc(Br)cc1NC(=O)CN=C(N)Nc1ccccc1.I. The Bertz CT molecular complexity index is 692. The van der Waals surface area contributed by atoms with Crippen LogP contribution in [-0.2, 0) is 4.79 Å². The highest BCUT2D eigenvalue weighted by Gasteiger charge is 2.05. The Hall–Kier alpha value is -1.61. The molecule has 0 heterocycles. The van der Waals surface area contributed by atoms with Crippen molar-refractivity contribution >= 4 is 63.1 Å². The van der Waals surface area contributed by atoms with Gasteiger partial charge in [0.1, 0.15) is 6.54 Å². The van der Waals surface area contributed by atoms with Crippen LogP contribution in [-0.4, -0.2) is 18.4 Å². The molecule has 0 spiro atoms. The van der Waals surface area contributed by atoms with Crippen LogP contribution < -0.4 is 16.4 Å². The second-order valence-corrected chi connectivity index (χ2v) is 5.62. The average Bonchev–Trinajstić information content (AvgIpc) is 2.50. The maximum atomic E-state index is 11.9. The second kappa shape index (κ2) is 9.51. The number of benzene rings is 2. The van der Waals surface area contributed by atoms with Crippen molar-refractivity contribution in [2.24, 2.45) is 10.7 Å². The largest absolute Gasteiger partial charge is 0.370 e. The van der Waals surface area contributed by atoms with Crippen LogP contribution in [0.5, 0.6) is 0 Å². The van der Waals surface area contributed by atoms with E-state index in [0.29, 0.717) is 0 Å². The van der Waals surface area contributed by atoms with E-state index in [4.69, 9.17) is 5.73 Å². The van der Waals surface area contributed by atoms with Crippen LogP contribution in [0.15, 0.2) is 58.0 Å². The Morgan fingerprint density at radius 3 is 2.57 bits per heavy atom. The van der Waals surface area contributed by atoms with Crippen LogP contribution in [0, 0.1) is 6.92 Å². The molecule has 4 N–H and O–H groups in total. The monoisotopic (exact) mass is 488 g/mol. The Morgan fingerprint density at radius 1 is 1.17 bits per heavy atom. The predicted molar refractivity (Wildman–Crippen MR) is 109 cm³/mol. The van der Waals surface area contributed by atoms with E-state index in [1.54, 1.807) is 0 Å². The van der Waals surface area contributed by atoms with Gasteiger partial charge in [-0.1, -0.05) is 40.2 Å². The summed E-state index contributed by atoms with van der Waals surface area (Å²) < 4.78 is 0.905.